The molecule has 3 heteroatoms. The largest absolute Gasteiger partial charge is 0.369 e. The highest BCUT2D eigenvalue weighted by atomic mass is 16.5. The fraction of sp³-hybridized carbons (Fsp3) is 0.292. The van der Waals surface area contributed by atoms with Gasteiger partial charge in [0.25, 0.3) is 0 Å². The molecule has 1 fully saturated rings. The highest BCUT2D eigenvalue weighted by Crippen LogP contribution is 2.21. The van der Waals surface area contributed by atoms with E-state index in [9.17, 15) is 0 Å². The molecule has 0 spiro atoms. The Balaban J connectivity index is 1.38. The fourth-order valence-corrected chi connectivity index (χ4v) is 3.60. The van der Waals surface area contributed by atoms with Crippen LogP contribution in [0.2, 0.25) is 0 Å². The summed E-state index contributed by atoms with van der Waals surface area (Å²) in [6.45, 7) is 3.74. The molecule has 0 aliphatic carbocycles. The van der Waals surface area contributed by atoms with Crippen LogP contribution in [0.15, 0.2) is 78.9 Å². The number of nitrogens with zero attached hydrogens (tertiary/aromatic N) is 2. The highest BCUT2D eigenvalue weighted by molar-refractivity contribution is 5.23. The first-order valence-electron chi connectivity index (χ1n) is 9.74. The first kappa shape index (κ1) is 17.9. The maximum atomic E-state index is 6.05. The van der Waals surface area contributed by atoms with Gasteiger partial charge in [-0.25, -0.2) is 0 Å². The molecule has 0 bridgehead atoms. The Bertz CT molecular complexity index is 835. The molecule has 27 heavy (non-hydrogen) atoms. The van der Waals surface area contributed by atoms with E-state index in [1.807, 2.05) is 6.07 Å². The van der Waals surface area contributed by atoms with Crippen molar-refractivity contribution in [1.82, 2.24) is 9.88 Å². The molecule has 0 saturated carbocycles. The average Bonchev–Trinajstić information content (AvgIpc) is 2.74. The maximum absolute atomic E-state index is 6.05. The monoisotopic (exact) mass is 358 g/mol. The quantitative estimate of drug-likeness (QED) is 0.657. The van der Waals surface area contributed by atoms with E-state index in [2.05, 4.69) is 77.7 Å². The predicted octanol–water partition coefficient (Wildman–Crippen LogP) is 4.29. The van der Waals surface area contributed by atoms with Crippen LogP contribution in [-0.4, -0.2) is 36.1 Å². The molecule has 0 unspecified atom stereocenters. The Morgan fingerprint density at radius 2 is 1.59 bits per heavy atom. The molecule has 0 N–H and O–H groups in total. The van der Waals surface area contributed by atoms with Crippen molar-refractivity contribution >= 4 is 0 Å². The first-order valence-corrected chi connectivity index (χ1v) is 9.74. The first-order chi connectivity index (χ1) is 13.4. The van der Waals surface area contributed by atoms with Crippen molar-refractivity contribution in [2.24, 2.45) is 0 Å². The van der Waals surface area contributed by atoms with Crippen LogP contribution in [0.3, 0.4) is 0 Å². The molecule has 1 aliphatic heterocycles. The van der Waals surface area contributed by atoms with Gasteiger partial charge in [-0.2, -0.15) is 0 Å². The van der Waals surface area contributed by atoms with Crippen LogP contribution >= 0.6 is 0 Å². The summed E-state index contributed by atoms with van der Waals surface area (Å²) in [5, 5.41) is 0. The molecule has 2 heterocycles. The van der Waals surface area contributed by atoms with Crippen LogP contribution in [0, 0.1) is 0 Å². The van der Waals surface area contributed by atoms with Gasteiger partial charge in [0.15, 0.2) is 0 Å². The molecule has 1 aliphatic rings. The third-order valence-corrected chi connectivity index (χ3v) is 5.10. The van der Waals surface area contributed by atoms with Gasteiger partial charge in [0.2, 0.25) is 0 Å². The second-order valence-corrected chi connectivity index (χ2v) is 7.11. The van der Waals surface area contributed by atoms with Gasteiger partial charge >= 0.3 is 0 Å². The zero-order valence-electron chi connectivity index (χ0n) is 15.6. The van der Waals surface area contributed by atoms with Crippen molar-refractivity contribution in [3.05, 3.63) is 101 Å². The molecule has 4 rings (SSSR count). The minimum absolute atomic E-state index is 0.0604. The summed E-state index contributed by atoms with van der Waals surface area (Å²) in [5.41, 5.74) is 4.83. The molecular formula is C24H26N2O. The molecule has 1 saturated heterocycles. The summed E-state index contributed by atoms with van der Waals surface area (Å²) in [4.78, 5) is 7.39. The van der Waals surface area contributed by atoms with Crippen molar-refractivity contribution in [2.45, 2.75) is 18.9 Å². The minimum Gasteiger partial charge on any atom is -0.369 e. The summed E-state index contributed by atoms with van der Waals surface area (Å²) in [6.07, 6.45) is 2.00. The molecule has 0 radical (unpaired) electrons. The lowest BCUT2D eigenvalue weighted by Gasteiger charge is -2.32. The predicted molar refractivity (Wildman–Crippen MR) is 109 cm³/mol. The van der Waals surface area contributed by atoms with Gasteiger partial charge in [-0.15, -0.1) is 0 Å². The van der Waals surface area contributed by atoms with Gasteiger partial charge < -0.3 is 4.74 Å². The van der Waals surface area contributed by atoms with E-state index < -0.39 is 0 Å². The lowest BCUT2D eigenvalue weighted by Crippen LogP contribution is -2.39. The Morgan fingerprint density at radius 3 is 2.37 bits per heavy atom. The Labute approximate surface area is 161 Å². The molecule has 3 nitrogen and oxygen atoms in total. The topological polar surface area (TPSA) is 25.4 Å². The number of rotatable bonds is 6. The number of hydrogen-bond donors (Lipinski definition) is 0. The van der Waals surface area contributed by atoms with Crippen molar-refractivity contribution < 1.29 is 4.74 Å². The molecule has 0 amide bonds. The highest BCUT2D eigenvalue weighted by Gasteiger charge is 2.23. The third-order valence-electron chi connectivity index (χ3n) is 5.10. The van der Waals surface area contributed by atoms with Crippen molar-refractivity contribution in [2.75, 3.05) is 26.2 Å². The van der Waals surface area contributed by atoms with E-state index in [1.165, 1.54) is 11.1 Å². The van der Waals surface area contributed by atoms with E-state index in [4.69, 9.17) is 9.72 Å². The van der Waals surface area contributed by atoms with E-state index in [-0.39, 0.29) is 6.10 Å². The standard InChI is InChI=1S/C24H26N2O/c1-3-8-20(9-4-1)14-15-26-16-17-27-24(19-26)23-13-7-12-22(25-23)18-21-10-5-2-6-11-21/h1-13,24H,14-19H2/t24-/m1/s1. The lowest BCUT2D eigenvalue weighted by molar-refractivity contribution is -0.0317. The van der Waals surface area contributed by atoms with E-state index >= 15 is 0 Å². The summed E-state index contributed by atoms with van der Waals surface area (Å²) in [6, 6.07) is 27.5. The van der Waals surface area contributed by atoms with Gasteiger partial charge in [-0.3, -0.25) is 9.88 Å². The summed E-state index contributed by atoms with van der Waals surface area (Å²) >= 11 is 0. The van der Waals surface area contributed by atoms with Crippen LogP contribution in [-0.2, 0) is 17.6 Å². The third kappa shape index (κ3) is 5.03. The van der Waals surface area contributed by atoms with Crippen molar-refractivity contribution in [3.8, 4) is 0 Å². The zero-order chi connectivity index (χ0) is 18.3. The number of aromatic nitrogens is 1. The number of morpholine rings is 1. The molecule has 3 aromatic rings. The van der Waals surface area contributed by atoms with Crippen LogP contribution in [0.5, 0.6) is 0 Å². The summed E-state index contributed by atoms with van der Waals surface area (Å²) in [7, 11) is 0. The number of pyridine rings is 1. The Kier molecular flexibility index (Phi) is 5.92. The molecular weight excluding hydrogens is 332 g/mol. The van der Waals surface area contributed by atoms with Crippen LogP contribution in [0.1, 0.15) is 28.6 Å². The van der Waals surface area contributed by atoms with Gasteiger partial charge in [0.05, 0.1) is 12.3 Å². The van der Waals surface area contributed by atoms with Crippen LogP contribution < -0.4 is 0 Å². The van der Waals surface area contributed by atoms with Crippen molar-refractivity contribution in [3.63, 3.8) is 0 Å². The van der Waals surface area contributed by atoms with Crippen LogP contribution in [0.4, 0.5) is 0 Å². The lowest BCUT2D eigenvalue weighted by atomic mass is 10.1. The molecule has 1 aromatic heterocycles. The Hall–Kier alpha value is -2.49. The second kappa shape index (κ2) is 8.94. The van der Waals surface area contributed by atoms with Gasteiger partial charge in [0, 0.05) is 31.7 Å². The maximum Gasteiger partial charge on any atom is 0.112 e. The van der Waals surface area contributed by atoms with Gasteiger partial charge in [-0.1, -0.05) is 66.7 Å². The van der Waals surface area contributed by atoms with Gasteiger partial charge in [0.1, 0.15) is 6.10 Å². The van der Waals surface area contributed by atoms with Crippen molar-refractivity contribution in [1.29, 1.82) is 0 Å². The van der Waals surface area contributed by atoms with E-state index in [1.54, 1.807) is 0 Å². The summed E-state index contributed by atoms with van der Waals surface area (Å²) < 4.78 is 6.05. The number of benzene rings is 2. The molecule has 138 valence electrons. The summed E-state index contributed by atoms with van der Waals surface area (Å²) in [5.74, 6) is 0. The average molecular weight is 358 g/mol. The normalized spacial score (nSPS) is 17.7. The van der Waals surface area contributed by atoms with E-state index in [0.717, 1.165) is 50.5 Å². The van der Waals surface area contributed by atoms with E-state index in [0.29, 0.717) is 0 Å². The zero-order valence-corrected chi connectivity index (χ0v) is 15.6. The minimum atomic E-state index is 0.0604. The SMILES string of the molecule is c1ccc(CCN2CCO[C@@H](c3cccc(Cc4ccccc4)n3)C2)cc1. The van der Waals surface area contributed by atoms with Gasteiger partial charge in [-0.05, 0) is 29.7 Å². The number of hydrogen-bond acceptors (Lipinski definition) is 3. The Morgan fingerprint density at radius 1 is 0.852 bits per heavy atom. The molecule has 2 aromatic carbocycles. The molecule has 1 atom stereocenters. The van der Waals surface area contributed by atoms with Crippen LogP contribution in [0.25, 0.3) is 0 Å². The second-order valence-electron chi connectivity index (χ2n) is 7.11. The smallest absolute Gasteiger partial charge is 0.112 e. The fourth-order valence-electron chi connectivity index (χ4n) is 3.60. The number of ether oxygens (including phenoxy) is 1.